The fourth-order valence-corrected chi connectivity index (χ4v) is 1.25. The number of anilines is 2. The van der Waals surface area contributed by atoms with Crippen molar-refractivity contribution >= 4 is 23.3 Å². The number of carboxylic acids is 1. The summed E-state index contributed by atoms with van der Waals surface area (Å²) in [7, 11) is 0. The average molecular weight is 258 g/mol. The summed E-state index contributed by atoms with van der Waals surface area (Å²) >= 11 is 0. The zero-order valence-corrected chi connectivity index (χ0v) is 12.8. The van der Waals surface area contributed by atoms with Crippen LogP contribution in [-0.4, -0.2) is 11.9 Å². The van der Waals surface area contributed by atoms with Crippen LogP contribution < -0.4 is 45.7 Å². The van der Waals surface area contributed by atoms with Gasteiger partial charge in [-0.3, -0.25) is 4.79 Å². The van der Waals surface area contributed by atoms with Crippen molar-refractivity contribution in [3.63, 3.8) is 0 Å². The summed E-state index contributed by atoms with van der Waals surface area (Å²) in [5.41, 5.74) is 6.69. The Morgan fingerprint density at radius 3 is 2.11 bits per heavy atom. The van der Waals surface area contributed by atoms with Gasteiger partial charge in [0.2, 0.25) is 5.91 Å². The standard InChI is InChI=1S/C12H16N2O3.Na/c1-7(8(2)12(16)17)11(15)14-10-5-3-9(13)4-6-10;/h3-8H,13H2,1-2H3,(H,14,15)(H,16,17);/q;+1/p-1. The first-order chi connectivity index (χ1) is 7.91. The molecule has 0 fully saturated rings. The van der Waals surface area contributed by atoms with Gasteiger partial charge in [0.25, 0.3) is 0 Å². The Kier molecular flexibility index (Phi) is 6.98. The van der Waals surface area contributed by atoms with E-state index in [0.29, 0.717) is 11.4 Å². The number of hydrogen-bond acceptors (Lipinski definition) is 4. The quantitative estimate of drug-likeness (QED) is 0.451. The smallest absolute Gasteiger partial charge is 0.550 e. The summed E-state index contributed by atoms with van der Waals surface area (Å²) in [6.45, 7) is 3.00. The van der Waals surface area contributed by atoms with Gasteiger partial charge >= 0.3 is 29.6 Å². The Bertz CT molecular complexity index is 420. The van der Waals surface area contributed by atoms with Crippen molar-refractivity contribution in [1.82, 2.24) is 0 Å². The molecule has 0 saturated heterocycles. The molecule has 0 bridgehead atoms. The number of amides is 1. The number of hydrogen-bond donors (Lipinski definition) is 2. The zero-order valence-electron chi connectivity index (χ0n) is 10.8. The second-order valence-corrected chi connectivity index (χ2v) is 4.01. The van der Waals surface area contributed by atoms with Crippen LogP contribution >= 0.6 is 0 Å². The van der Waals surface area contributed by atoms with E-state index >= 15 is 0 Å². The summed E-state index contributed by atoms with van der Waals surface area (Å²) in [5.74, 6) is -3.07. The molecule has 92 valence electrons. The molecular weight excluding hydrogens is 243 g/mol. The molecule has 1 rings (SSSR count). The zero-order chi connectivity index (χ0) is 13.0. The first-order valence-corrected chi connectivity index (χ1v) is 5.29. The van der Waals surface area contributed by atoms with Crippen molar-refractivity contribution in [3.05, 3.63) is 24.3 Å². The van der Waals surface area contributed by atoms with Gasteiger partial charge in [-0.2, -0.15) is 0 Å². The van der Waals surface area contributed by atoms with E-state index in [4.69, 9.17) is 5.73 Å². The minimum absolute atomic E-state index is 0. The number of nitrogen functional groups attached to an aromatic ring is 1. The molecule has 1 aromatic carbocycles. The van der Waals surface area contributed by atoms with E-state index in [9.17, 15) is 14.7 Å². The second-order valence-electron chi connectivity index (χ2n) is 4.01. The Balaban J connectivity index is 0.00000289. The van der Waals surface area contributed by atoms with E-state index in [1.165, 1.54) is 6.92 Å². The maximum absolute atomic E-state index is 11.7. The van der Waals surface area contributed by atoms with Gasteiger partial charge in [0.1, 0.15) is 0 Å². The topological polar surface area (TPSA) is 95.2 Å². The Hall–Kier alpha value is -1.04. The summed E-state index contributed by atoms with van der Waals surface area (Å²) in [6.07, 6.45) is 0. The molecule has 1 amide bonds. The van der Waals surface area contributed by atoms with E-state index in [-0.39, 0.29) is 35.5 Å². The number of rotatable bonds is 4. The fraction of sp³-hybridized carbons (Fsp3) is 0.333. The maximum Gasteiger partial charge on any atom is 1.00 e. The molecule has 6 heteroatoms. The summed E-state index contributed by atoms with van der Waals surface area (Å²) in [6, 6.07) is 6.62. The van der Waals surface area contributed by atoms with Gasteiger partial charge in [0.05, 0.1) is 0 Å². The van der Waals surface area contributed by atoms with Gasteiger partial charge in [-0.25, -0.2) is 0 Å². The maximum atomic E-state index is 11.7. The third-order valence-corrected chi connectivity index (χ3v) is 2.71. The Labute approximate surface area is 128 Å². The van der Waals surface area contributed by atoms with E-state index in [1.54, 1.807) is 31.2 Å². The molecule has 18 heavy (non-hydrogen) atoms. The minimum atomic E-state index is -1.23. The van der Waals surface area contributed by atoms with Gasteiger partial charge < -0.3 is 21.0 Å². The van der Waals surface area contributed by atoms with Crippen LogP contribution in [0.5, 0.6) is 0 Å². The van der Waals surface area contributed by atoms with Gasteiger partial charge in [-0.05, 0) is 24.3 Å². The second kappa shape index (κ2) is 7.41. The van der Waals surface area contributed by atoms with Crippen molar-refractivity contribution in [2.24, 2.45) is 11.8 Å². The van der Waals surface area contributed by atoms with Crippen molar-refractivity contribution in [1.29, 1.82) is 0 Å². The van der Waals surface area contributed by atoms with E-state index < -0.39 is 17.8 Å². The number of carbonyl (C=O) groups is 2. The number of carboxylic acid groups (broad SMARTS) is 1. The molecule has 0 spiro atoms. The van der Waals surface area contributed by atoms with Crippen LogP contribution in [0.25, 0.3) is 0 Å². The third-order valence-electron chi connectivity index (χ3n) is 2.71. The van der Waals surface area contributed by atoms with Crippen LogP contribution in [0.3, 0.4) is 0 Å². The SMILES string of the molecule is CC(C(=O)[O-])C(C)C(=O)Nc1ccc(N)cc1.[Na+]. The molecule has 2 unspecified atom stereocenters. The monoisotopic (exact) mass is 258 g/mol. The minimum Gasteiger partial charge on any atom is -0.550 e. The molecule has 5 nitrogen and oxygen atoms in total. The first-order valence-electron chi connectivity index (χ1n) is 5.29. The fourth-order valence-electron chi connectivity index (χ4n) is 1.25. The van der Waals surface area contributed by atoms with E-state index in [0.717, 1.165) is 0 Å². The summed E-state index contributed by atoms with van der Waals surface area (Å²) in [5, 5.41) is 13.3. The van der Waals surface area contributed by atoms with Crippen LogP contribution in [0.4, 0.5) is 11.4 Å². The molecule has 0 aliphatic heterocycles. The van der Waals surface area contributed by atoms with Gasteiger partial charge in [0, 0.05) is 29.2 Å². The van der Waals surface area contributed by atoms with Crippen molar-refractivity contribution in [2.45, 2.75) is 13.8 Å². The molecule has 0 aliphatic carbocycles. The van der Waals surface area contributed by atoms with Crippen LogP contribution in [0, 0.1) is 11.8 Å². The van der Waals surface area contributed by atoms with Crippen LogP contribution in [0.15, 0.2) is 24.3 Å². The van der Waals surface area contributed by atoms with Crippen LogP contribution in [-0.2, 0) is 9.59 Å². The number of nitrogens with one attached hydrogen (secondary N) is 1. The Morgan fingerprint density at radius 1 is 1.17 bits per heavy atom. The largest absolute Gasteiger partial charge is 1.00 e. The number of carbonyl (C=O) groups excluding carboxylic acids is 2. The van der Waals surface area contributed by atoms with E-state index in [1.807, 2.05) is 0 Å². The molecule has 0 radical (unpaired) electrons. The first kappa shape index (κ1) is 17.0. The van der Waals surface area contributed by atoms with Crippen molar-refractivity contribution in [3.8, 4) is 0 Å². The average Bonchev–Trinajstić information content (AvgIpc) is 2.30. The van der Waals surface area contributed by atoms with E-state index in [2.05, 4.69) is 5.32 Å². The molecule has 0 aromatic heterocycles. The summed E-state index contributed by atoms with van der Waals surface area (Å²) < 4.78 is 0. The predicted molar refractivity (Wildman–Crippen MR) is 62.8 cm³/mol. The van der Waals surface area contributed by atoms with Crippen molar-refractivity contribution < 1.29 is 44.3 Å². The van der Waals surface area contributed by atoms with Gasteiger partial charge in [0.15, 0.2) is 0 Å². The summed E-state index contributed by atoms with van der Waals surface area (Å²) in [4.78, 5) is 22.3. The normalized spacial score (nSPS) is 13.0. The third kappa shape index (κ3) is 4.68. The number of aliphatic carboxylic acids is 1. The van der Waals surface area contributed by atoms with Gasteiger partial charge in [-0.15, -0.1) is 0 Å². The van der Waals surface area contributed by atoms with Gasteiger partial charge in [-0.1, -0.05) is 13.8 Å². The molecule has 0 saturated carbocycles. The van der Waals surface area contributed by atoms with Crippen molar-refractivity contribution in [2.75, 3.05) is 11.1 Å². The molecule has 3 N–H and O–H groups in total. The molecule has 0 heterocycles. The molecular formula is C12H15N2NaO3. The molecule has 2 atom stereocenters. The van der Waals surface area contributed by atoms with Crippen LogP contribution in [0.2, 0.25) is 0 Å². The number of benzene rings is 1. The number of nitrogens with two attached hydrogens (primary N) is 1. The Morgan fingerprint density at radius 2 is 1.67 bits per heavy atom. The molecule has 0 aliphatic rings. The molecule has 1 aromatic rings. The predicted octanol–water partition coefficient (Wildman–Crippen LogP) is -2.77. The van der Waals surface area contributed by atoms with Crippen LogP contribution in [0.1, 0.15) is 13.8 Å².